The summed E-state index contributed by atoms with van der Waals surface area (Å²) >= 11 is 0. The van der Waals surface area contributed by atoms with E-state index in [1.54, 1.807) is 25.8 Å². The number of aliphatic hydroxyl groups is 4. The van der Waals surface area contributed by atoms with Crippen LogP contribution >= 0.6 is 0 Å². The fourth-order valence-electron chi connectivity index (χ4n) is 10.9. The average molecular weight is 1120 g/mol. The summed E-state index contributed by atoms with van der Waals surface area (Å²) in [5.41, 5.74) is 4.09. The van der Waals surface area contributed by atoms with Gasteiger partial charge in [0.2, 0.25) is 6.29 Å². The lowest BCUT2D eigenvalue weighted by atomic mass is 9.97. The van der Waals surface area contributed by atoms with E-state index in [9.17, 15) is 54.3 Å². The van der Waals surface area contributed by atoms with Gasteiger partial charge in [-0.15, -0.1) is 0 Å². The molecule has 0 aromatic carbocycles. The number of aromatic nitrogens is 2. The van der Waals surface area contributed by atoms with Gasteiger partial charge in [0.1, 0.15) is 79.3 Å². The second-order valence-corrected chi connectivity index (χ2v) is 21.7. The number of hydrogen-bond donors (Lipinski definition) is 7. The molecule has 0 amide bonds. The number of unbranched alkanes of at least 4 members (excludes halogenated alkanes) is 6. The normalized spacial score (nSPS) is 33.1. The van der Waals surface area contributed by atoms with E-state index in [0.717, 1.165) is 55.4 Å². The van der Waals surface area contributed by atoms with Gasteiger partial charge >= 0.3 is 29.6 Å². The van der Waals surface area contributed by atoms with E-state index in [1.807, 2.05) is 0 Å². The zero-order valence-corrected chi connectivity index (χ0v) is 46.5. The number of nitrogens with one attached hydrogen (secondary N) is 1. The fraction of sp³-hybridized carbons (Fsp3) is 0.846. The van der Waals surface area contributed by atoms with Crippen LogP contribution in [0.4, 0.5) is 0 Å². The number of carboxylic acids is 1. The third-order valence-corrected chi connectivity index (χ3v) is 15.1. The summed E-state index contributed by atoms with van der Waals surface area (Å²) < 4.78 is 59.3. The summed E-state index contributed by atoms with van der Waals surface area (Å²) in [5.74, 6) is -3.49. The molecule has 4 saturated heterocycles. The molecule has 1 aromatic heterocycles. The van der Waals surface area contributed by atoms with Crippen LogP contribution in [0.5, 0.6) is 0 Å². The Morgan fingerprint density at radius 2 is 1.35 bits per heavy atom. The molecule has 8 N–H and O–H groups in total. The first-order valence-corrected chi connectivity index (χ1v) is 27.2. The molecule has 0 bridgehead atoms. The first-order valence-electron chi connectivity index (χ1n) is 27.2. The molecule has 4 aliphatic rings. The molecule has 1 aromatic rings. The van der Waals surface area contributed by atoms with E-state index in [-0.39, 0.29) is 38.9 Å². The van der Waals surface area contributed by atoms with Crippen molar-refractivity contribution in [1.29, 1.82) is 0 Å². The van der Waals surface area contributed by atoms with Gasteiger partial charge in [-0.25, -0.2) is 4.79 Å². The van der Waals surface area contributed by atoms with Crippen LogP contribution < -0.4 is 17.0 Å². The molecular weight excluding hydrogens is 1030 g/mol. The van der Waals surface area contributed by atoms with E-state index >= 15 is 0 Å². The molecule has 5 heterocycles. The highest BCUT2D eigenvalue weighted by molar-refractivity contribution is 5.77. The largest absolute Gasteiger partial charge is 0.480 e. The molecule has 0 aliphatic carbocycles. The van der Waals surface area contributed by atoms with Gasteiger partial charge < -0.3 is 78.6 Å². The van der Waals surface area contributed by atoms with Crippen LogP contribution in [0.2, 0.25) is 0 Å². The number of carboxylic acid groups (broad SMARTS) is 1. The van der Waals surface area contributed by atoms with E-state index < -0.39 is 158 Å². The molecule has 4 fully saturated rings. The smallest absolute Gasteiger partial charge is 0.330 e. The van der Waals surface area contributed by atoms with Crippen molar-refractivity contribution in [3.05, 3.63) is 33.1 Å². The number of H-pyrrole nitrogens is 1. The highest BCUT2D eigenvalue weighted by Gasteiger charge is 2.55. The third-order valence-electron chi connectivity index (χ3n) is 15.1. The van der Waals surface area contributed by atoms with Crippen molar-refractivity contribution in [3.63, 3.8) is 0 Å². The number of aliphatic hydroxyl groups excluding tert-OH is 4. The standard InChI is InChI=1S/C52H87N5O21/c1-27(2)17-15-13-11-10-12-14-16-18-30(73-35(59)21-28(3)22-36(60)76-51-47(71-9)46(70-8)43(69-7)29(4)72-51)23-37(61)74-33-26-55(5)31(25-56(6)38(33)49(66)67)44(78-50-42(65)39(62)32(24-53)75-50)45-40(63)41(64)48(77-45)57-20-19-34(58)54-52(57)68/h19-20,27-33,38-48,50-51,62-65H,10-18,21-26,53H2,1-9H3,(H,66,67)(H,54,58,68). The van der Waals surface area contributed by atoms with Crippen LogP contribution in [0.15, 0.2) is 21.9 Å². The number of esters is 3. The maximum atomic E-state index is 14.1. The van der Waals surface area contributed by atoms with Gasteiger partial charge in [0.25, 0.3) is 5.56 Å². The first-order chi connectivity index (χ1) is 37.0. The molecule has 0 saturated carbocycles. The predicted molar refractivity (Wildman–Crippen MR) is 274 cm³/mol. The van der Waals surface area contributed by atoms with Gasteiger partial charge in [0, 0.05) is 66.1 Å². The van der Waals surface area contributed by atoms with Crippen LogP contribution in [0, 0.1) is 11.8 Å². The quantitative estimate of drug-likeness (QED) is 0.0310. The van der Waals surface area contributed by atoms with Crippen LogP contribution in [0.1, 0.15) is 111 Å². The molecule has 26 heteroatoms. The van der Waals surface area contributed by atoms with Crippen molar-refractivity contribution in [1.82, 2.24) is 19.4 Å². The number of carbonyl (C=O) groups excluding carboxylic acids is 3. The minimum Gasteiger partial charge on any atom is -0.480 e. The lowest BCUT2D eigenvalue weighted by Crippen LogP contribution is -2.59. The number of likely N-dealkylation sites (N-methyl/N-ethyl adjacent to an activating group) is 2. The maximum Gasteiger partial charge on any atom is 0.330 e. The van der Waals surface area contributed by atoms with Crippen molar-refractivity contribution in [2.75, 3.05) is 55.1 Å². The highest BCUT2D eigenvalue weighted by Crippen LogP contribution is 2.37. The minimum absolute atomic E-state index is 0.187. The summed E-state index contributed by atoms with van der Waals surface area (Å²) in [4.78, 5) is 83.8. The molecule has 26 nitrogen and oxygen atoms in total. The number of nitrogens with two attached hydrogens (primary N) is 1. The molecule has 5 rings (SSSR count). The number of aliphatic carboxylic acids is 1. The zero-order valence-electron chi connectivity index (χ0n) is 46.5. The Morgan fingerprint density at radius 3 is 1.94 bits per heavy atom. The van der Waals surface area contributed by atoms with Gasteiger partial charge in [-0.1, -0.05) is 65.7 Å². The van der Waals surface area contributed by atoms with Crippen molar-refractivity contribution in [2.24, 2.45) is 17.6 Å². The average Bonchev–Trinajstić information content (AvgIpc) is 3.83. The van der Waals surface area contributed by atoms with E-state index in [2.05, 4.69) is 18.8 Å². The maximum absolute atomic E-state index is 14.1. The monoisotopic (exact) mass is 1120 g/mol. The number of hydrogen-bond acceptors (Lipinski definition) is 23. The van der Waals surface area contributed by atoms with Gasteiger partial charge in [0.15, 0.2) is 12.5 Å². The number of aromatic amines is 1. The summed E-state index contributed by atoms with van der Waals surface area (Å²) in [6.07, 6.45) is -11.4. The highest BCUT2D eigenvalue weighted by atomic mass is 16.7. The summed E-state index contributed by atoms with van der Waals surface area (Å²) in [7, 11) is 7.45. The minimum atomic E-state index is -1.80. The Labute approximate surface area is 455 Å². The molecule has 19 unspecified atom stereocenters. The van der Waals surface area contributed by atoms with Gasteiger partial charge in [-0.05, 0) is 45.7 Å². The van der Waals surface area contributed by atoms with Gasteiger partial charge in [-0.3, -0.25) is 43.3 Å². The lowest BCUT2D eigenvalue weighted by Gasteiger charge is -2.43. The van der Waals surface area contributed by atoms with E-state index in [4.69, 9.17) is 53.1 Å². The topological polar surface area (TPSA) is 349 Å². The Kier molecular flexibility index (Phi) is 25.5. The lowest BCUT2D eigenvalue weighted by molar-refractivity contribution is -0.297. The molecule has 19 atom stereocenters. The van der Waals surface area contributed by atoms with Crippen molar-refractivity contribution in [3.8, 4) is 0 Å². The van der Waals surface area contributed by atoms with Crippen molar-refractivity contribution in [2.45, 2.75) is 215 Å². The van der Waals surface area contributed by atoms with Gasteiger partial charge in [-0.2, -0.15) is 0 Å². The number of rotatable bonds is 29. The summed E-state index contributed by atoms with van der Waals surface area (Å²) in [5, 5.41) is 55.3. The predicted octanol–water partition coefficient (Wildman–Crippen LogP) is -0.225. The van der Waals surface area contributed by atoms with Crippen LogP contribution in [-0.2, 0) is 66.5 Å². The second kappa shape index (κ2) is 30.7. The number of carbonyl (C=O) groups is 4. The van der Waals surface area contributed by atoms with Gasteiger partial charge in [0.05, 0.1) is 18.6 Å². The zero-order chi connectivity index (χ0) is 57.5. The number of ether oxygens (including phenoxy) is 10. The number of nitrogens with zero attached hydrogens (tertiary/aromatic N) is 3. The Morgan fingerprint density at radius 1 is 0.731 bits per heavy atom. The SMILES string of the molecule is COC1C(C)OC(OC(=O)CC(C)CC(=O)OC(CCCCCCCCCC(C)C)CC(=O)OC2CN(C)C(C(OC3OC(CN)C(O)C3O)C3OC(n4ccc(=O)[nH]c4=O)C(O)C3O)CN(C)C2C(=O)O)C(OC)C1OC. The van der Waals surface area contributed by atoms with Crippen molar-refractivity contribution >= 4 is 23.9 Å². The first kappa shape index (κ1) is 64.8. The fourth-order valence-corrected chi connectivity index (χ4v) is 10.9. The molecule has 0 radical (unpaired) electrons. The second-order valence-electron chi connectivity index (χ2n) is 21.7. The van der Waals surface area contributed by atoms with Crippen molar-refractivity contribution < 1.29 is 92.1 Å². The summed E-state index contributed by atoms with van der Waals surface area (Å²) in [6.45, 7) is 7.14. The molecule has 78 heavy (non-hydrogen) atoms. The van der Waals surface area contributed by atoms with Crippen LogP contribution in [0.3, 0.4) is 0 Å². The molecule has 4 aliphatic heterocycles. The van der Waals surface area contributed by atoms with E-state index in [1.165, 1.54) is 39.7 Å². The molecule has 0 spiro atoms. The Bertz CT molecular complexity index is 2170. The van der Waals surface area contributed by atoms with E-state index in [0.29, 0.717) is 12.3 Å². The number of methoxy groups -OCH3 is 3. The molecule has 446 valence electrons. The molecular formula is C52H87N5O21. The third kappa shape index (κ3) is 17.3. The van der Waals surface area contributed by atoms with Crippen LogP contribution in [0.25, 0.3) is 0 Å². The Balaban J connectivity index is 1.31. The summed E-state index contributed by atoms with van der Waals surface area (Å²) in [6, 6.07) is -1.51. The Hall–Kier alpha value is -4.00. The van der Waals surface area contributed by atoms with Crippen LogP contribution in [-0.4, -0.2) is 228 Å².